The van der Waals surface area contributed by atoms with Crippen molar-refractivity contribution < 1.29 is 9.84 Å². The lowest BCUT2D eigenvalue weighted by Gasteiger charge is -2.12. The Morgan fingerprint density at radius 2 is 2.18 bits per heavy atom. The SMILES string of the molecule is CCNCc1cc(OCC(O)CC)ccc1Br. The zero-order valence-corrected chi connectivity index (χ0v) is 12.0. The Morgan fingerprint density at radius 3 is 2.82 bits per heavy atom. The van der Waals surface area contributed by atoms with Crippen molar-refractivity contribution in [2.45, 2.75) is 32.9 Å². The molecule has 0 spiro atoms. The minimum atomic E-state index is -0.393. The smallest absolute Gasteiger partial charge is 0.119 e. The highest BCUT2D eigenvalue weighted by Crippen LogP contribution is 2.22. The van der Waals surface area contributed by atoms with Crippen LogP contribution in [0.3, 0.4) is 0 Å². The summed E-state index contributed by atoms with van der Waals surface area (Å²) in [4.78, 5) is 0. The van der Waals surface area contributed by atoms with Crippen LogP contribution in [0.5, 0.6) is 5.75 Å². The first-order chi connectivity index (χ1) is 8.17. The van der Waals surface area contributed by atoms with Gasteiger partial charge in [0.05, 0.1) is 6.10 Å². The van der Waals surface area contributed by atoms with Gasteiger partial charge in [0, 0.05) is 11.0 Å². The molecule has 0 saturated carbocycles. The third-order valence-electron chi connectivity index (χ3n) is 2.50. The predicted octanol–water partition coefficient (Wildman–Crippen LogP) is 2.71. The number of hydrogen-bond donors (Lipinski definition) is 2. The van der Waals surface area contributed by atoms with Crippen LogP contribution in [0.15, 0.2) is 22.7 Å². The van der Waals surface area contributed by atoms with E-state index in [9.17, 15) is 5.11 Å². The molecule has 1 unspecified atom stereocenters. The number of rotatable bonds is 7. The van der Waals surface area contributed by atoms with Crippen molar-refractivity contribution in [3.63, 3.8) is 0 Å². The number of ether oxygens (including phenoxy) is 1. The van der Waals surface area contributed by atoms with Gasteiger partial charge in [-0.05, 0) is 36.7 Å². The average molecular weight is 302 g/mol. The van der Waals surface area contributed by atoms with Crippen LogP contribution in [0.25, 0.3) is 0 Å². The summed E-state index contributed by atoms with van der Waals surface area (Å²) in [5.74, 6) is 0.800. The first kappa shape index (κ1) is 14.5. The summed E-state index contributed by atoms with van der Waals surface area (Å²) in [5.41, 5.74) is 1.16. The fourth-order valence-corrected chi connectivity index (χ4v) is 1.73. The minimum Gasteiger partial charge on any atom is -0.491 e. The van der Waals surface area contributed by atoms with Gasteiger partial charge >= 0.3 is 0 Å². The molecule has 0 radical (unpaired) electrons. The van der Waals surface area contributed by atoms with Crippen LogP contribution in [0, 0.1) is 0 Å². The summed E-state index contributed by atoms with van der Waals surface area (Å²) in [6, 6.07) is 5.87. The van der Waals surface area contributed by atoms with E-state index in [1.807, 2.05) is 25.1 Å². The standard InChI is InChI=1S/C13H20BrNO2/c1-3-11(16)9-17-12-5-6-13(14)10(7-12)8-15-4-2/h5-7,11,15-16H,3-4,8-9H2,1-2H3. The second kappa shape index (κ2) is 7.69. The van der Waals surface area contributed by atoms with E-state index in [1.54, 1.807) is 0 Å². The molecule has 1 rings (SSSR count). The van der Waals surface area contributed by atoms with Gasteiger partial charge in [-0.25, -0.2) is 0 Å². The zero-order valence-electron chi connectivity index (χ0n) is 10.4. The summed E-state index contributed by atoms with van der Waals surface area (Å²) < 4.78 is 6.61. The number of aliphatic hydroxyl groups excluding tert-OH is 1. The maximum atomic E-state index is 9.44. The van der Waals surface area contributed by atoms with Crippen LogP contribution in [-0.2, 0) is 6.54 Å². The summed E-state index contributed by atoms with van der Waals surface area (Å²) >= 11 is 3.51. The second-order valence-corrected chi connectivity index (χ2v) is 4.76. The fraction of sp³-hybridized carbons (Fsp3) is 0.538. The molecular weight excluding hydrogens is 282 g/mol. The molecule has 0 fully saturated rings. The molecule has 0 aliphatic carbocycles. The largest absolute Gasteiger partial charge is 0.491 e. The van der Waals surface area contributed by atoms with Crippen molar-refractivity contribution in [1.29, 1.82) is 0 Å². The average Bonchev–Trinajstić information content (AvgIpc) is 2.35. The molecule has 0 amide bonds. The van der Waals surface area contributed by atoms with E-state index in [2.05, 4.69) is 28.2 Å². The molecule has 0 bridgehead atoms. The van der Waals surface area contributed by atoms with Gasteiger partial charge in [-0.1, -0.05) is 29.8 Å². The third kappa shape index (κ3) is 5.06. The van der Waals surface area contributed by atoms with E-state index in [0.717, 1.165) is 28.9 Å². The van der Waals surface area contributed by atoms with Crippen molar-refractivity contribution in [3.05, 3.63) is 28.2 Å². The highest BCUT2D eigenvalue weighted by Gasteiger charge is 2.05. The van der Waals surface area contributed by atoms with Gasteiger partial charge in [-0.2, -0.15) is 0 Å². The Morgan fingerprint density at radius 1 is 1.41 bits per heavy atom. The number of nitrogens with one attached hydrogen (secondary N) is 1. The first-order valence-electron chi connectivity index (χ1n) is 5.97. The Labute approximate surface area is 111 Å². The molecule has 3 nitrogen and oxygen atoms in total. The van der Waals surface area contributed by atoms with Gasteiger partial charge in [0.15, 0.2) is 0 Å². The van der Waals surface area contributed by atoms with Crippen molar-refractivity contribution in [2.24, 2.45) is 0 Å². The van der Waals surface area contributed by atoms with E-state index < -0.39 is 6.10 Å². The van der Waals surface area contributed by atoms with Crippen molar-refractivity contribution in [3.8, 4) is 5.75 Å². The lowest BCUT2D eigenvalue weighted by Crippen LogP contribution is -2.16. The molecule has 0 heterocycles. The number of hydrogen-bond acceptors (Lipinski definition) is 3. The molecule has 1 aromatic rings. The molecule has 0 aliphatic heterocycles. The highest BCUT2D eigenvalue weighted by atomic mass is 79.9. The van der Waals surface area contributed by atoms with Gasteiger partial charge in [0.2, 0.25) is 0 Å². The van der Waals surface area contributed by atoms with Crippen molar-refractivity contribution in [2.75, 3.05) is 13.2 Å². The Bertz CT molecular complexity index is 344. The molecule has 0 aliphatic rings. The lowest BCUT2D eigenvalue weighted by molar-refractivity contribution is 0.104. The van der Waals surface area contributed by atoms with Gasteiger partial charge in [0.25, 0.3) is 0 Å². The van der Waals surface area contributed by atoms with Crippen molar-refractivity contribution in [1.82, 2.24) is 5.32 Å². The van der Waals surface area contributed by atoms with Crippen LogP contribution in [0.2, 0.25) is 0 Å². The topological polar surface area (TPSA) is 41.5 Å². The number of aliphatic hydroxyl groups is 1. The molecule has 1 aromatic carbocycles. The maximum absolute atomic E-state index is 9.44. The Kier molecular flexibility index (Phi) is 6.55. The summed E-state index contributed by atoms with van der Waals surface area (Å²) in [5, 5.41) is 12.7. The molecular formula is C13H20BrNO2. The van der Waals surface area contributed by atoms with E-state index in [4.69, 9.17) is 4.74 Å². The van der Waals surface area contributed by atoms with Crippen molar-refractivity contribution >= 4 is 15.9 Å². The molecule has 96 valence electrons. The summed E-state index contributed by atoms with van der Waals surface area (Å²) in [6.45, 7) is 6.10. The van der Waals surface area contributed by atoms with Gasteiger partial charge in [0.1, 0.15) is 12.4 Å². The molecule has 17 heavy (non-hydrogen) atoms. The van der Waals surface area contributed by atoms with E-state index in [0.29, 0.717) is 13.0 Å². The predicted molar refractivity (Wildman–Crippen MR) is 73.3 cm³/mol. The molecule has 0 aromatic heterocycles. The third-order valence-corrected chi connectivity index (χ3v) is 3.27. The molecule has 1 atom stereocenters. The first-order valence-corrected chi connectivity index (χ1v) is 6.76. The number of benzene rings is 1. The van der Waals surface area contributed by atoms with Gasteiger partial charge in [-0.15, -0.1) is 0 Å². The Hall–Kier alpha value is -0.580. The second-order valence-electron chi connectivity index (χ2n) is 3.91. The molecule has 0 saturated heterocycles. The molecule has 2 N–H and O–H groups in total. The highest BCUT2D eigenvalue weighted by molar-refractivity contribution is 9.10. The fourth-order valence-electron chi connectivity index (χ4n) is 1.35. The summed E-state index contributed by atoms with van der Waals surface area (Å²) in [6.07, 6.45) is 0.316. The van der Waals surface area contributed by atoms with Crippen LogP contribution in [0.1, 0.15) is 25.8 Å². The molecule has 4 heteroatoms. The normalized spacial score (nSPS) is 12.5. The van der Waals surface area contributed by atoms with E-state index in [-0.39, 0.29) is 0 Å². The Balaban J connectivity index is 2.61. The summed E-state index contributed by atoms with van der Waals surface area (Å²) in [7, 11) is 0. The zero-order chi connectivity index (χ0) is 12.7. The number of halogens is 1. The van der Waals surface area contributed by atoms with E-state index >= 15 is 0 Å². The van der Waals surface area contributed by atoms with Gasteiger partial charge < -0.3 is 15.2 Å². The monoisotopic (exact) mass is 301 g/mol. The maximum Gasteiger partial charge on any atom is 0.119 e. The minimum absolute atomic E-state index is 0.346. The quantitative estimate of drug-likeness (QED) is 0.814. The van der Waals surface area contributed by atoms with Crippen LogP contribution < -0.4 is 10.1 Å². The van der Waals surface area contributed by atoms with Crippen LogP contribution in [-0.4, -0.2) is 24.4 Å². The van der Waals surface area contributed by atoms with E-state index in [1.165, 1.54) is 0 Å². The van der Waals surface area contributed by atoms with Gasteiger partial charge in [-0.3, -0.25) is 0 Å². The lowest BCUT2D eigenvalue weighted by atomic mass is 10.2. The van der Waals surface area contributed by atoms with Crippen LogP contribution >= 0.6 is 15.9 Å². The van der Waals surface area contributed by atoms with Crippen LogP contribution in [0.4, 0.5) is 0 Å².